The number of nitrogens with zero attached hydrogens (tertiary/aromatic N) is 1. The smallest absolute Gasteiger partial charge is 0.318 e. The summed E-state index contributed by atoms with van der Waals surface area (Å²) in [5.74, 6) is -6.20. The average Bonchev–Trinajstić information content (AvgIpc) is 2.27. The molecule has 0 aliphatic rings. The van der Waals surface area contributed by atoms with E-state index in [1.807, 2.05) is 0 Å². The van der Waals surface area contributed by atoms with E-state index in [1.54, 1.807) is 18.2 Å². The molecule has 7 nitrogen and oxygen atoms in total. The number of hydrogen-bond donors (Lipinski definition) is 2. The lowest BCUT2D eigenvalue weighted by Gasteiger charge is -2.17. The van der Waals surface area contributed by atoms with Gasteiger partial charge in [-0.05, 0) is 5.56 Å². The third-order valence-corrected chi connectivity index (χ3v) is 2.51. The van der Waals surface area contributed by atoms with Crippen LogP contribution in [0, 0.1) is 16.0 Å². The summed E-state index contributed by atoms with van der Waals surface area (Å²) in [6.45, 7) is -0.743. The number of nitro groups is 1. The van der Waals surface area contributed by atoms with Crippen molar-refractivity contribution in [3.05, 3.63) is 46.0 Å². The fourth-order valence-corrected chi connectivity index (χ4v) is 1.71. The van der Waals surface area contributed by atoms with Gasteiger partial charge in [0.25, 0.3) is 0 Å². The molecule has 0 aliphatic carbocycles. The molecule has 0 spiro atoms. The summed E-state index contributed by atoms with van der Waals surface area (Å²) in [5.41, 5.74) is 0.323. The fraction of sp³-hybridized carbons (Fsp3) is 0.273. The van der Waals surface area contributed by atoms with Crippen molar-refractivity contribution in [2.75, 3.05) is 6.54 Å². The molecule has 1 aromatic carbocycles. The maximum absolute atomic E-state index is 10.9. The molecule has 0 amide bonds. The van der Waals surface area contributed by atoms with E-state index in [2.05, 4.69) is 0 Å². The molecule has 0 radical (unpaired) electrons. The van der Waals surface area contributed by atoms with Crippen molar-refractivity contribution >= 4 is 11.9 Å². The van der Waals surface area contributed by atoms with Gasteiger partial charge in [0.1, 0.15) is 0 Å². The van der Waals surface area contributed by atoms with Crippen LogP contribution in [-0.4, -0.2) is 33.6 Å². The largest absolute Gasteiger partial charge is 0.481 e. The molecule has 96 valence electrons. The number of carbonyl (C=O) groups is 2. The molecule has 0 fully saturated rings. The molecular weight excluding hydrogens is 242 g/mol. The predicted molar refractivity (Wildman–Crippen MR) is 59.8 cm³/mol. The fourth-order valence-electron chi connectivity index (χ4n) is 1.71. The number of benzene rings is 1. The van der Waals surface area contributed by atoms with Crippen molar-refractivity contribution in [1.29, 1.82) is 0 Å². The molecule has 0 aliphatic heterocycles. The highest BCUT2D eigenvalue weighted by Gasteiger charge is 2.38. The minimum atomic E-state index is -1.84. The summed E-state index contributed by atoms with van der Waals surface area (Å²) in [4.78, 5) is 31.7. The highest BCUT2D eigenvalue weighted by Crippen LogP contribution is 2.25. The van der Waals surface area contributed by atoms with Crippen molar-refractivity contribution in [1.82, 2.24) is 0 Å². The van der Waals surface area contributed by atoms with Gasteiger partial charge in [-0.15, -0.1) is 0 Å². The van der Waals surface area contributed by atoms with E-state index in [0.29, 0.717) is 5.56 Å². The average molecular weight is 253 g/mol. The van der Waals surface area contributed by atoms with Crippen LogP contribution in [0.25, 0.3) is 0 Å². The number of carboxylic acids is 2. The van der Waals surface area contributed by atoms with E-state index < -0.39 is 35.2 Å². The molecule has 0 saturated carbocycles. The molecule has 0 bridgehead atoms. The van der Waals surface area contributed by atoms with Crippen LogP contribution in [0.15, 0.2) is 30.3 Å². The monoisotopic (exact) mass is 253 g/mol. The summed E-state index contributed by atoms with van der Waals surface area (Å²) in [7, 11) is 0. The standard InChI is InChI=1S/C11H11NO6/c13-10(14)9(11(15)16)8(6-12(17)18)7-4-2-1-3-5-7/h1-5,8-9H,6H2,(H,13,14)(H,15,16)/t8-/m0/s1. The Balaban J connectivity index is 3.15. The molecule has 7 heteroatoms. The molecule has 1 aromatic rings. The second-order valence-corrected chi connectivity index (χ2v) is 3.69. The second kappa shape index (κ2) is 5.76. The molecule has 0 aromatic heterocycles. The lowest BCUT2D eigenvalue weighted by atomic mass is 9.86. The van der Waals surface area contributed by atoms with Gasteiger partial charge in [-0.25, -0.2) is 0 Å². The highest BCUT2D eigenvalue weighted by atomic mass is 16.6. The van der Waals surface area contributed by atoms with Crippen LogP contribution in [0.3, 0.4) is 0 Å². The topological polar surface area (TPSA) is 118 Å². The Morgan fingerprint density at radius 3 is 2.06 bits per heavy atom. The van der Waals surface area contributed by atoms with E-state index in [-0.39, 0.29) is 0 Å². The van der Waals surface area contributed by atoms with Gasteiger partial charge in [-0.2, -0.15) is 0 Å². The molecule has 18 heavy (non-hydrogen) atoms. The van der Waals surface area contributed by atoms with Crippen molar-refractivity contribution in [3.63, 3.8) is 0 Å². The Kier molecular flexibility index (Phi) is 4.36. The first-order valence-corrected chi connectivity index (χ1v) is 5.06. The van der Waals surface area contributed by atoms with Crippen molar-refractivity contribution < 1.29 is 24.7 Å². The SMILES string of the molecule is O=C(O)C(C(=O)O)[C@@H](C[N+](=O)[O-])c1ccccc1. The van der Waals surface area contributed by atoms with Crippen LogP contribution < -0.4 is 0 Å². The van der Waals surface area contributed by atoms with Gasteiger partial charge in [-0.3, -0.25) is 19.7 Å². The summed E-state index contributed by atoms with van der Waals surface area (Å²) < 4.78 is 0. The first-order valence-electron chi connectivity index (χ1n) is 5.06. The second-order valence-electron chi connectivity index (χ2n) is 3.69. The van der Waals surface area contributed by atoms with Crippen LogP contribution in [0.5, 0.6) is 0 Å². The molecule has 2 N–H and O–H groups in total. The zero-order valence-electron chi connectivity index (χ0n) is 9.22. The van der Waals surface area contributed by atoms with E-state index in [1.165, 1.54) is 12.1 Å². The Morgan fingerprint density at radius 2 is 1.67 bits per heavy atom. The van der Waals surface area contributed by atoms with E-state index in [9.17, 15) is 19.7 Å². The third kappa shape index (κ3) is 3.27. The van der Waals surface area contributed by atoms with E-state index in [0.717, 1.165) is 0 Å². The van der Waals surface area contributed by atoms with Gasteiger partial charge in [0.15, 0.2) is 5.92 Å². The van der Waals surface area contributed by atoms with Crippen LogP contribution >= 0.6 is 0 Å². The summed E-state index contributed by atoms with van der Waals surface area (Å²) in [5, 5.41) is 28.3. The Bertz CT molecular complexity index is 444. The van der Waals surface area contributed by atoms with Crippen LogP contribution in [0.4, 0.5) is 0 Å². The number of carboxylic acid groups (broad SMARTS) is 2. The van der Waals surface area contributed by atoms with Crippen LogP contribution in [0.2, 0.25) is 0 Å². The minimum Gasteiger partial charge on any atom is -0.481 e. The quantitative estimate of drug-likeness (QED) is 0.440. The normalized spacial score (nSPS) is 12.1. The maximum Gasteiger partial charge on any atom is 0.318 e. The molecule has 1 atom stereocenters. The number of rotatable bonds is 6. The molecular formula is C11H11NO6. The van der Waals surface area contributed by atoms with Gasteiger partial charge in [0.2, 0.25) is 6.54 Å². The highest BCUT2D eigenvalue weighted by molar-refractivity contribution is 5.94. The summed E-state index contributed by atoms with van der Waals surface area (Å²) in [6, 6.07) is 7.76. The van der Waals surface area contributed by atoms with E-state index >= 15 is 0 Å². The first-order chi connectivity index (χ1) is 8.43. The van der Waals surface area contributed by atoms with Crippen molar-refractivity contribution in [3.8, 4) is 0 Å². The molecule has 0 saturated heterocycles. The lowest BCUT2D eigenvalue weighted by Crippen LogP contribution is -2.33. The zero-order chi connectivity index (χ0) is 13.7. The van der Waals surface area contributed by atoms with Gasteiger partial charge in [-0.1, -0.05) is 30.3 Å². The first kappa shape index (κ1) is 13.6. The minimum absolute atomic E-state index is 0.323. The van der Waals surface area contributed by atoms with Crippen LogP contribution in [-0.2, 0) is 9.59 Å². The van der Waals surface area contributed by atoms with Crippen molar-refractivity contribution in [2.45, 2.75) is 5.92 Å². The van der Waals surface area contributed by atoms with Crippen molar-refractivity contribution in [2.24, 2.45) is 5.92 Å². The molecule has 0 heterocycles. The third-order valence-electron chi connectivity index (χ3n) is 2.51. The number of hydrogen-bond acceptors (Lipinski definition) is 4. The zero-order valence-corrected chi connectivity index (χ0v) is 9.22. The molecule has 0 unspecified atom stereocenters. The van der Waals surface area contributed by atoms with Crippen LogP contribution in [0.1, 0.15) is 11.5 Å². The van der Waals surface area contributed by atoms with Gasteiger partial charge in [0.05, 0.1) is 5.92 Å². The van der Waals surface area contributed by atoms with E-state index in [4.69, 9.17) is 10.2 Å². The summed E-state index contributed by atoms with van der Waals surface area (Å²) in [6.07, 6.45) is 0. The lowest BCUT2D eigenvalue weighted by molar-refractivity contribution is -0.484. The Labute approximate surface area is 102 Å². The Hall–Kier alpha value is -2.44. The summed E-state index contributed by atoms with van der Waals surface area (Å²) >= 11 is 0. The number of aliphatic carboxylic acids is 2. The molecule has 1 rings (SSSR count). The van der Waals surface area contributed by atoms with Gasteiger partial charge in [0, 0.05) is 4.92 Å². The van der Waals surface area contributed by atoms with Gasteiger partial charge >= 0.3 is 11.9 Å². The van der Waals surface area contributed by atoms with Gasteiger partial charge < -0.3 is 10.2 Å². The Morgan fingerprint density at radius 1 is 1.17 bits per heavy atom. The predicted octanol–water partition coefficient (Wildman–Crippen LogP) is 0.832. The maximum atomic E-state index is 10.9.